The van der Waals surface area contributed by atoms with Gasteiger partial charge in [0.05, 0.1) is 26.0 Å². The lowest BCUT2D eigenvalue weighted by Gasteiger charge is -2.26. The molecule has 1 aliphatic rings. The molecule has 1 atom stereocenters. The van der Waals surface area contributed by atoms with E-state index in [4.69, 9.17) is 9.47 Å². The number of carbonyl (C=O) groups is 1. The summed E-state index contributed by atoms with van der Waals surface area (Å²) in [6.07, 6.45) is 1.96. The van der Waals surface area contributed by atoms with Gasteiger partial charge < -0.3 is 14.4 Å². The average Bonchev–Trinajstić information content (AvgIpc) is 3.21. The molecule has 1 unspecified atom stereocenters. The van der Waals surface area contributed by atoms with Gasteiger partial charge in [-0.1, -0.05) is 6.07 Å². The van der Waals surface area contributed by atoms with Crippen molar-refractivity contribution in [2.45, 2.75) is 39.3 Å². The fourth-order valence-corrected chi connectivity index (χ4v) is 3.53. The highest BCUT2D eigenvalue weighted by Gasteiger charge is 2.30. The number of rotatable bonds is 5. The summed E-state index contributed by atoms with van der Waals surface area (Å²) in [4.78, 5) is 14.8. The van der Waals surface area contributed by atoms with Gasteiger partial charge >= 0.3 is 0 Å². The van der Waals surface area contributed by atoms with E-state index in [1.54, 1.807) is 18.9 Å². The number of aromatic nitrogens is 2. The molecule has 134 valence electrons. The smallest absolute Gasteiger partial charge is 0.244 e. The first kappa shape index (κ1) is 17.3. The van der Waals surface area contributed by atoms with E-state index in [1.165, 1.54) is 0 Å². The van der Waals surface area contributed by atoms with E-state index in [0.29, 0.717) is 11.5 Å². The van der Waals surface area contributed by atoms with Gasteiger partial charge in [-0.15, -0.1) is 0 Å². The van der Waals surface area contributed by atoms with Crippen LogP contribution < -0.4 is 9.47 Å². The number of methoxy groups -OCH3 is 2. The molecule has 1 aromatic carbocycles. The number of nitrogens with zero attached hydrogens (tertiary/aromatic N) is 3. The highest BCUT2D eigenvalue weighted by atomic mass is 16.5. The van der Waals surface area contributed by atoms with Crippen LogP contribution in [0.1, 0.15) is 35.8 Å². The van der Waals surface area contributed by atoms with E-state index < -0.39 is 0 Å². The predicted molar refractivity (Wildman–Crippen MR) is 94.9 cm³/mol. The van der Waals surface area contributed by atoms with Crippen LogP contribution in [-0.2, 0) is 11.3 Å². The van der Waals surface area contributed by atoms with Gasteiger partial charge in [-0.3, -0.25) is 9.48 Å². The summed E-state index contributed by atoms with van der Waals surface area (Å²) in [6, 6.07) is 7.95. The van der Waals surface area contributed by atoms with E-state index in [-0.39, 0.29) is 18.5 Å². The van der Waals surface area contributed by atoms with Crippen molar-refractivity contribution in [3.63, 3.8) is 0 Å². The number of benzene rings is 1. The molecule has 1 amide bonds. The zero-order valence-corrected chi connectivity index (χ0v) is 15.3. The molecule has 0 radical (unpaired) electrons. The lowest BCUT2D eigenvalue weighted by Crippen LogP contribution is -2.34. The second kappa shape index (κ2) is 7.17. The van der Waals surface area contributed by atoms with Gasteiger partial charge in [0.25, 0.3) is 0 Å². The van der Waals surface area contributed by atoms with Crippen LogP contribution in [0.5, 0.6) is 11.5 Å². The van der Waals surface area contributed by atoms with Crippen molar-refractivity contribution >= 4 is 5.91 Å². The summed E-state index contributed by atoms with van der Waals surface area (Å²) in [7, 11) is 3.25. The molecule has 2 aromatic rings. The Kier molecular flexibility index (Phi) is 4.97. The van der Waals surface area contributed by atoms with Crippen LogP contribution in [0.4, 0.5) is 0 Å². The van der Waals surface area contributed by atoms with Crippen molar-refractivity contribution < 1.29 is 14.3 Å². The van der Waals surface area contributed by atoms with Crippen molar-refractivity contribution in [2.75, 3.05) is 20.8 Å². The normalized spacial score (nSPS) is 17.0. The number of carbonyl (C=O) groups excluding carboxylic acids is 1. The molecule has 0 N–H and O–H groups in total. The van der Waals surface area contributed by atoms with Gasteiger partial charge in [-0.25, -0.2) is 0 Å². The van der Waals surface area contributed by atoms with Crippen molar-refractivity contribution in [2.24, 2.45) is 0 Å². The van der Waals surface area contributed by atoms with Gasteiger partial charge in [0.2, 0.25) is 5.91 Å². The monoisotopic (exact) mass is 343 g/mol. The van der Waals surface area contributed by atoms with Crippen LogP contribution in [0, 0.1) is 13.8 Å². The second-order valence-electron chi connectivity index (χ2n) is 6.44. The maximum absolute atomic E-state index is 12.8. The first-order chi connectivity index (χ1) is 12.0. The second-order valence-corrected chi connectivity index (χ2v) is 6.44. The molecule has 6 heteroatoms. The molecule has 1 aliphatic heterocycles. The molecular weight excluding hydrogens is 318 g/mol. The van der Waals surface area contributed by atoms with Crippen LogP contribution >= 0.6 is 0 Å². The Balaban J connectivity index is 1.80. The quantitative estimate of drug-likeness (QED) is 0.838. The lowest BCUT2D eigenvalue weighted by molar-refractivity contribution is -0.133. The number of amides is 1. The Hall–Kier alpha value is -2.50. The van der Waals surface area contributed by atoms with Crippen LogP contribution in [0.2, 0.25) is 0 Å². The first-order valence-corrected chi connectivity index (χ1v) is 8.56. The standard InChI is InChI=1S/C19H25N3O3/c1-13-10-14(2)22(20-13)12-19(23)21-9-5-6-16(21)15-7-8-17(24-3)18(11-15)25-4/h7-8,10-11,16H,5-6,9,12H2,1-4H3. The van der Waals surface area contributed by atoms with E-state index in [0.717, 1.165) is 36.3 Å². The van der Waals surface area contributed by atoms with E-state index >= 15 is 0 Å². The van der Waals surface area contributed by atoms with Crippen molar-refractivity contribution in [3.8, 4) is 11.5 Å². The minimum atomic E-state index is 0.0734. The molecule has 1 saturated heterocycles. The Labute approximate surface area is 148 Å². The van der Waals surface area contributed by atoms with Crippen molar-refractivity contribution in [1.82, 2.24) is 14.7 Å². The van der Waals surface area contributed by atoms with Gasteiger partial charge in [0, 0.05) is 12.2 Å². The Bertz CT molecular complexity index is 769. The Morgan fingerprint density at radius 1 is 1.20 bits per heavy atom. The zero-order chi connectivity index (χ0) is 18.0. The summed E-state index contributed by atoms with van der Waals surface area (Å²) in [5.41, 5.74) is 3.02. The fourth-order valence-electron chi connectivity index (χ4n) is 3.53. The predicted octanol–water partition coefficient (Wildman–Crippen LogP) is 2.88. The van der Waals surface area contributed by atoms with Crippen LogP contribution in [-0.4, -0.2) is 41.4 Å². The minimum Gasteiger partial charge on any atom is -0.493 e. The zero-order valence-electron chi connectivity index (χ0n) is 15.3. The number of ether oxygens (including phenoxy) is 2. The molecule has 0 spiro atoms. The summed E-state index contributed by atoms with van der Waals surface area (Å²) >= 11 is 0. The average molecular weight is 343 g/mol. The van der Waals surface area contributed by atoms with Crippen LogP contribution in [0.15, 0.2) is 24.3 Å². The van der Waals surface area contributed by atoms with E-state index in [9.17, 15) is 4.79 Å². The van der Waals surface area contributed by atoms with Gasteiger partial charge in [-0.2, -0.15) is 5.10 Å². The van der Waals surface area contributed by atoms with Crippen LogP contribution in [0.3, 0.4) is 0 Å². The third-order valence-electron chi connectivity index (χ3n) is 4.75. The molecule has 0 saturated carbocycles. The molecule has 1 fully saturated rings. The molecular formula is C19H25N3O3. The molecule has 3 rings (SSSR count). The molecule has 2 heterocycles. The third kappa shape index (κ3) is 3.48. The highest BCUT2D eigenvalue weighted by Crippen LogP contribution is 2.37. The van der Waals surface area contributed by atoms with E-state index in [1.807, 2.05) is 43.0 Å². The molecule has 1 aromatic heterocycles. The van der Waals surface area contributed by atoms with Gasteiger partial charge in [-0.05, 0) is 50.5 Å². The summed E-state index contributed by atoms with van der Waals surface area (Å²) < 4.78 is 12.5. The number of aryl methyl sites for hydroxylation is 2. The van der Waals surface area contributed by atoms with Crippen molar-refractivity contribution in [1.29, 1.82) is 0 Å². The number of likely N-dealkylation sites (tertiary alicyclic amines) is 1. The summed E-state index contributed by atoms with van der Waals surface area (Å²) in [5.74, 6) is 1.49. The minimum absolute atomic E-state index is 0.0734. The third-order valence-corrected chi connectivity index (χ3v) is 4.75. The maximum atomic E-state index is 12.8. The maximum Gasteiger partial charge on any atom is 0.244 e. The SMILES string of the molecule is COc1ccc(C2CCCN2C(=O)Cn2nc(C)cc2C)cc1OC. The number of hydrogen-bond acceptors (Lipinski definition) is 4. The fraction of sp³-hybridized carbons (Fsp3) is 0.474. The molecule has 0 aliphatic carbocycles. The lowest BCUT2D eigenvalue weighted by atomic mass is 10.0. The summed E-state index contributed by atoms with van der Waals surface area (Å²) in [6.45, 7) is 4.97. The highest BCUT2D eigenvalue weighted by molar-refractivity contribution is 5.77. The number of hydrogen-bond donors (Lipinski definition) is 0. The molecule has 6 nitrogen and oxygen atoms in total. The van der Waals surface area contributed by atoms with Crippen LogP contribution in [0.25, 0.3) is 0 Å². The van der Waals surface area contributed by atoms with Gasteiger partial charge in [0.1, 0.15) is 6.54 Å². The Morgan fingerprint density at radius 3 is 2.60 bits per heavy atom. The summed E-state index contributed by atoms with van der Waals surface area (Å²) in [5, 5.41) is 4.40. The van der Waals surface area contributed by atoms with Gasteiger partial charge in [0.15, 0.2) is 11.5 Å². The largest absolute Gasteiger partial charge is 0.493 e. The topological polar surface area (TPSA) is 56.6 Å². The Morgan fingerprint density at radius 2 is 1.96 bits per heavy atom. The first-order valence-electron chi connectivity index (χ1n) is 8.56. The van der Waals surface area contributed by atoms with E-state index in [2.05, 4.69) is 5.10 Å². The molecule has 0 bridgehead atoms. The molecule has 25 heavy (non-hydrogen) atoms. The van der Waals surface area contributed by atoms with Crippen molar-refractivity contribution in [3.05, 3.63) is 41.2 Å².